The molecule has 0 bridgehead atoms. The average Bonchev–Trinajstić information content (AvgIpc) is 2.53. The second kappa shape index (κ2) is 8.62. The summed E-state index contributed by atoms with van der Waals surface area (Å²) in [5.74, 6) is 0.00657. The quantitative estimate of drug-likeness (QED) is 0.621. The summed E-state index contributed by atoms with van der Waals surface area (Å²) in [4.78, 5) is 27.1. The number of aromatic amines is 1. The Morgan fingerprint density at radius 1 is 1.20 bits per heavy atom. The van der Waals surface area contributed by atoms with Crippen molar-refractivity contribution in [2.75, 3.05) is 6.61 Å². The third kappa shape index (κ3) is 5.03. The lowest BCUT2D eigenvalue weighted by Gasteiger charge is -2.18. The van der Waals surface area contributed by atoms with Crippen LogP contribution in [0.4, 0.5) is 0 Å². The fraction of sp³-hybridized carbons (Fsp3) is 0.400. The molecule has 5 heteroatoms. The van der Waals surface area contributed by atoms with Crippen LogP contribution in [0, 0.1) is 0 Å². The molecule has 0 saturated heterocycles. The number of hydrogen-bond acceptors (Lipinski definition) is 3. The van der Waals surface area contributed by atoms with Crippen LogP contribution in [0.3, 0.4) is 0 Å². The second-order valence-electron chi connectivity index (χ2n) is 6.65. The van der Waals surface area contributed by atoms with Gasteiger partial charge in [-0.1, -0.05) is 55.8 Å². The van der Waals surface area contributed by atoms with Crippen molar-refractivity contribution in [1.29, 1.82) is 0 Å². The Morgan fingerprint density at radius 3 is 2.48 bits per heavy atom. The number of rotatable bonds is 7. The average molecular weight is 342 g/mol. The maximum atomic E-state index is 12.4. The van der Waals surface area contributed by atoms with Crippen LogP contribution >= 0.6 is 0 Å². The highest BCUT2D eigenvalue weighted by atomic mass is 16.5. The van der Waals surface area contributed by atoms with Gasteiger partial charge in [0.2, 0.25) is 0 Å². The van der Waals surface area contributed by atoms with E-state index in [1.54, 1.807) is 0 Å². The van der Waals surface area contributed by atoms with Gasteiger partial charge >= 0.3 is 5.69 Å². The van der Waals surface area contributed by atoms with Crippen LogP contribution in [0.25, 0.3) is 0 Å². The van der Waals surface area contributed by atoms with Gasteiger partial charge in [0, 0.05) is 17.7 Å². The van der Waals surface area contributed by atoms with Gasteiger partial charge in [-0.05, 0) is 25.3 Å². The molecule has 1 heterocycles. The third-order valence-electron chi connectivity index (χ3n) is 3.97. The molecule has 1 aromatic heterocycles. The Balaban J connectivity index is 2.45. The first-order valence-electron chi connectivity index (χ1n) is 8.51. The molecule has 0 unspecified atom stereocenters. The van der Waals surface area contributed by atoms with Crippen molar-refractivity contribution in [2.24, 2.45) is 0 Å². The Kier molecular flexibility index (Phi) is 6.53. The number of aromatic nitrogens is 2. The summed E-state index contributed by atoms with van der Waals surface area (Å²) < 4.78 is 7.16. The first-order valence-corrected chi connectivity index (χ1v) is 8.51. The molecule has 25 heavy (non-hydrogen) atoms. The molecule has 1 N–H and O–H groups in total. The van der Waals surface area contributed by atoms with Crippen molar-refractivity contribution in [3.63, 3.8) is 0 Å². The van der Waals surface area contributed by atoms with Gasteiger partial charge in [0.1, 0.15) is 6.73 Å². The summed E-state index contributed by atoms with van der Waals surface area (Å²) in [6, 6.07) is 9.82. The van der Waals surface area contributed by atoms with Crippen molar-refractivity contribution in [2.45, 2.75) is 46.8 Å². The Labute approximate surface area is 148 Å². The van der Waals surface area contributed by atoms with Crippen LogP contribution in [0.1, 0.15) is 50.4 Å². The summed E-state index contributed by atoms with van der Waals surface area (Å²) in [7, 11) is 0. The molecular weight excluding hydrogens is 316 g/mol. The number of benzene rings is 1. The zero-order chi connectivity index (χ0) is 18.4. The fourth-order valence-electron chi connectivity index (χ4n) is 2.71. The summed E-state index contributed by atoms with van der Waals surface area (Å²) in [5, 5.41) is 0. The monoisotopic (exact) mass is 342 g/mol. The summed E-state index contributed by atoms with van der Waals surface area (Å²) >= 11 is 0. The van der Waals surface area contributed by atoms with E-state index in [-0.39, 0.29) is 18.2 Å². The minimum atomic E-state index is -0.433. The van der Waals surface area contributed by atoms with E-state index in [2.05, 4.69) is 4.98 Å². The first-order chi connectivity index (χ1) is 11.9. The Morgan fingerprint density at radius 2 is 1.88 bits per heavy atom. The molecule has 5 nitrogen and oxygen atoms in total. The predicted octanol–water partition coefficient (Wildman–Crippen LogP) is 3.19. The summed E-state index contributed by atoms with van der Waals surface area (Å²) in [6.07, 6.45) is 2.47. The van der Waals surface area contributed by atoms with E-state index < -0.39 is 5.69 Å². The lowest BCUT2D eigenvalue weighted by atomic mass is 9.98. The van der Waals surface area contributed by atoms with Gasteiger partial charge < -0.3 is 4.74 Å². The number of hydrogen-bond donors (Lipinski definition) is 1. The molecule has 0 atom stereocenters. The SMILES string of the molecule is CC(C)=CCOCn1c(Cc2ccccc2)c(C(C)C)c(=O)[nH]c1=O. The molecule has 134 valence electrons. The van der Waals surface area contributed by atoms with E-state index in [1.807, 2.05) is 64.1 Å². The van der Waals surface area contributed by atoms with E-state index in [0.717, 1.165) is 11.1 Å². The van der Waals surface area contributed by atoms with Crippen molar-refractivity contribution in [3.8, 4) is 0 Å². The van der Waals surface area contributed by atoms with Crippen LogP contribution in [0.15, 0.2) is 51.6 Å². The van der Waals surface area contributed by atoms with E-state index in [1.165, 1.54) is 4.57 Å². The van der Waals surface area contributed by atoms with Gasteiger partial charge in [-0.25, -0.2) is 4.79 Å². The Bertz CT molecular complexity index is 841. The minimum absolute atomic E-state index is 0.00657. The highest BCUT2D eigenvalue weighted by Gasteiger charge is 2.18. The number of nitrogens with one attached hydrogen (secondary N) is 1. The molecule has 1 aromatic carbocycles. The van der Waals surface area contributed by atoms with E-state index >= 15 is 0 Å². The van der Waals surface area contributed by atoms with Gasteiger partial charge in [0.15, 0.2) is 0 Å². The van der Waals surface area contributed by atoms with E-state index in [9.17, 15) is 9.59 Å². The second-order valence-corrected chi connectivity index (χ2v) is 6.65. The number of allylic oxidation sites excluding steroid dienone is 1. The molecule has 0 aliphatic carbocycles. The predicted molar refractivity (Wildman–Crippen MR) is 100 cm³/mol. The van der Waals surface area contributed by atoms with Gasteiger partial charge in [-0.2, -0.15) is 0 Å². The maximum absolute atomic E-state index is 12.4. The van der Waals surface area contributed by atoms with Crippen LogP contribution in [-0.2, 0) is 17.9 Å². The molecule has 0 amide bonds. The topological polar surface area (TPSA) is 64.1 Å². The maximum Gasteiger partial charge on any atom is 0.330 e. The first kappa shape index (κ1) is 18.9. The highest BCUT2D eigenvalue weighted by Crippen LogP contribution is 2.17. The molecule has 0 fully saturated rings. The molecule has 0 saturated carbocycles. The standard InChI is InChI=1S/C20H26N2O3/c1-14(2)10-11-25-13-22-17(12-16-8-6-5-7-9-16)18(15(3)4)19(23)21-20(22)24/h5-10,15H,11-13H2,1-4H3,(H,21,23,24). The van der Waals surface area contributed by atoms with E-state index in [0.29, 0.717) is 24.3 Å². The van der Waals surface area contributed by atoms with Crippen LogP contribution < -0.4 is 11.2 Å². The molecular formula is C20H26N2O3. The zero-order valence-electron chi connectivity index (χ0n) is 15.3. The normalized spacial score (nSPS) is 10.9. The van der Waals surface area contributed by atoms with Crippen molar-refractivity contribution >= 4 is 0 Å². The number of nitrogens with zero attached hydrogens (tertiary/aromatic N) is 1. The highest BCUT2D eigenvalue weighted by molar-refractivity contribution is 5.28. The number of H-pyrrole nitrogens is 1. The van der Waals surface area contributed by atoms with Gasteiger partial charge in [0.05, 0.1) is 6.61 Å². The smallest absolute Gasteiger partial charge is 0.330 e. The van der Waals surface area contributed by atoms with Crippen LogP contribution in [0.2, 0.25) is 0 Å². The number of ether oxygens (including phenoxy) is 1. The van der Waals surface area contributed by atoms with Crippen molar-refractivity contribution in [1.82, 2.24) is 9.55 Å². The zero-order valence-corrected chi connectivity index (χ0v) is 15.3. The summed E-state index contributed by atoms with van der Waals surface area (Å²) in [5.41, 5.74) is 2.80. The van der Waals surface area contributed by atoms with Crippen LogP contribution in [0.5, 0.6) is 0 Å². The van der Waals surface area contributed by atoms with Crippen molar-refractivity contribution in [3.05, 3.63) is 79.6 Å². The lowest BCUT2D eigenvalue weighted by molar-refractivity contribution is 0.0937. The lowest BCUT2D eigenvalue weighted by Crippen LogP contribution is -2.36. The molecule has 0 aliphatic heterocycles. The fourth-order valence-corrected chi connectivity index (χ4v) is 2.71. The molecule has 0 spiro atoms. The molecule has 2 rings (SSSR count). The molecule has 0 aliphatic rings. The third-order valence-corrected chi connectivity index (χ3v) is 3.97. The van der Waals surface area contributed by atoms with Gasteiger partial charge in [0.25, 0.3) is 5.56 Å². The molecule has 2 aromatic rings. The largest absolute Gasteiger partial charge is 0.357 e. The minimum Gasteiger partial charge on any atom is -0.357 e. The van der Waals surface area contributed by atoms with E-state index in [4.69, 9.17) is 4.74 Å². The van der Waals surface area contributed by atoms with Crippen molar-refractivity contribution < 1.29 is 4.74 Å². The van der Waals surface area contributed by atoms with Gasteiger partial charge in [-0.15, -0.1) is 0 Å². The Hall–Kier alpha value is -2.40. The summed E-state index contributed by atoms with van der Waals surface area (Å²) in [6.45, 7) is 8.44. The molecule has 0 radical (unpaired) electrons. The van der Waals surface area contributed by atoms with Gasteiger partial charge in [-0.3, -0.25) is 14.3 Å². The van der Waals surface area contributed by atoms with Crippen LogP contribution in [-0.4, -0.2) is 16.2 Å².